The maximum Gasteiger partial charge on any atom is 0.100 e. The summed E-state index contributed by atoms with van der Waals surface area (Å²) < 4.78 is 3.67. The molecule has 0 bridgehead atoms. The van der Waals surface area contributed by atoms with Crippen LogP contribution in [0.5, 0.6) is 0 Å². The van der Waals surface area contributed by atoms with Gasteiger partial charge >= 0.3 is 0 Å². The molecule has 0 amide bonds. The molecule has 0 saturated carbocycles. The van der Waals surface area contributed by atoms with Crippen molar-refractivity contribution in [3.05, 3.63) is 23.1 Å². The predicted molar refractivity (Wildman–Crippen MR) is 62.8 cm³/mol. The molecule has 0 unspecified atom stereocenters. The molecule has 0 aliphatic heterocycles. The molecule has 2 heterocycles. The minimum atomic E-state index is 0.497. The summed E-state index contributed by atoms with van der Waals surface area (Å²) in [6, 6.07) is 0. The number of nitrogens with zero attached hydrogens (tertiary/aromatic N) is 4. The average molecular weight is 219 g/mol. The van der Waals surface area contributed by atoms with E-state index in [9.17, 15) is 0 Å². The molecule has 0 aliphatic carbocycles. The summed E-state index contributed by atoms with van der Waals surface area (Å²) in [7, 11) is 3.85. The van der Waals surface area contributed by atoms with E-state index in [0.29, 0.717) is 6.54 Å². The fraction of sp³-hybridized carbons (Fsp3) is 0.455. The van der Waals surface area contributed by atoms with Crippen molar-refractivity contribution >= 4 is 0 Å². The van der Waals surface area contributed by atoms with Gasteiger partial charge in [0.2, 0.25) is 0 Å². The van der Waals surface area contributed by atoms with E-state index in [1.165, 1.54) is 0 Å². The molecule has 16 heavy (non-hydrogen) atoms. The molecule has 0 aromatic carbocycles. The number of hydrogen-bond acceptors (Lipinski definition) is 3. The fourth-order valence-electron chi connectivity index (χ4n) is 2.01. The Morgan fingerprint density at radius 1 is 1.25 bits per heavy atom. The molecule has 0 atom stereocenters. The van der Waals surface area contributed by atoms with Crippen LogP contribution >= 0.6 is 0 Å². The van der Waals surface area contributed by atoms with E-state index in [1.807, 2.05) is 38.8 Å². The zero-order valence-corrected chi connectivity index (χ0v) is 10.2. The molecular weight excluding hydrogens is 202 g/mol. The van der Waals surface area contributed by atoms with Crippen LogP contribution in [-0.4, -0.2) is 19.6 Å². The van der Waals surface area contributed by atoms with E-state index < -0.39 is 0 Å². The summed E-state index contributed by atoms with van der Waals surface area (Å²) >= 11 is 0. The molecule has 0 fully saturated rings. The minimum absolute atomic E-state index is 0.497. The van der Waals surface area contributed by atoms with E-state index in [1.54, 1.807) is 4.68 Å². The van der Waals surface area contributed by atoms with Crippen LogP contribution in [0.3, 0.4) is 0 Å². The van der Waals surface area contributed by atoms with Crippen molar-refractivity contribution in [3.8, 4) is 11.3 Å². The molecule has 5 heteroatoms. The lowest BCUT2D eigenvalue weighted by Crippen LogP contribution is -1.98. The molecule has 0 spiro atoms. The molecule has 2 aromatic heterocycles. The Bertz CT molecular complexity index is 521. The third-order valence-corrected chi connectivity index (χ3v) is 2.87. The van der Waals surface area contributed by atoms with Gasteiger partial charge in [0.1, 0.15) is 5.69 Å². The molecule has 2 rings (SSSR count). The monoisotopic (exact) mass is 219 g/mol. The van der Waals surface area contributed by atoms with Crippen LogP contribution in [0.4, 0.5) is 0 Å². The maximum atomic E-state index is 5.73. The van der Waals surface area contributed by atoms with Crippen LogP contribution in [0.1, 0.15) is 17.0 Å². The Morgan fingerprint density at radius 3 is 2.44 bits per heavy atom. The van der Waals surface area contributed by atoms with Gasteiger partial charge in [-0.1, -0.05) is 0 Å². The highest BCUT2D eigenvalue weighted by Crippen LogP contribution is 2.27. The second-order valence-corrected chi connectivity index (χ2v) is 4.05. The predicted octanol–water partition coefficient (Wildman–Crippen LogP) is 0.896. The minimum Gasteiger partial charge on any atom is -0.326 e. The molecule has 5 nitrogen and oxygen atoms in total. The van der Waals surface area contributed by atoms with Gasteiger partial charge in [-0.2, -0.15) is 10.2 Å². The summed E-state index contributed by atoms with van der Waals surface area (Å²) in [6.45, 7) is 4.54. The Hall–Kier alpha value is -1.62. The van der Waals surface area contributed by atoms with Crippen LogP contribution in [0.25, 0.3) is 11.3 Å². The molecule has 0 saturated heterocycles. The van der Waals surface area contributed by atoms with Gasteiger partial charge < -0.3 is 5.73 Å². The highest BCUT2D eigenvalue weighted by Gasteiger charge is 2.17. The van der Waals surface area contributed by atoms with Gasteiger partial charge in [0.25, 0.3) is 0 Å². The lowest BCUT2D eigenvalue weighted by atomic mass is 10.1. The van der Waals surface area contributed by atoms with Gasteiger partial charge in [-0.05, 0) is 13.8 Å². The van der Waals surface area contributed by atoms with Crippen molar-refractivity contribution in [3.63, 3.8) is 0 Å². The molecular formula is C11H17N5. The van der Waals surface area contributed by atoms with Crippen molar-refractivity contribution in [2.24, 2.45) is 19.8 Å². The van der Waals surface area contributed by atoms with Crippen molar-refractivity contribution < 1.29 is 0 Å². The van der Waals surface area contributed by atoms with E-state index >= 15 is 0 Å². The maximum absolute atomic E-state index is 5.73. The van der Waals surface area contributed by atoms with Crippen LogP contribution in [0, 0.1) is 13.8 Å². The zero-order chi connectivity index (χ0) is 11.9. The van der Waals surface area contributed by atoms with Crippen LogP contribution < -0.4 is 5.73 Å². The molecule has 2 aromatic rings. The highest BCUT2D eigenvalue weighted by atomic mass is 15.3. The van der Waals surface area contributed by atoms with Crippen LogP contribution in [0.2, 0.25) is 0 Å². The quantitative estimate of drug-likeness (QED) is 0.816. The zero-order valence-electron chi connectivity index (χ0n) is 10.2. The molecule has 0 radical (unpaired) electrons. The second-order valence-electron chi connectivity index (χ2n) is 4.05. The Morgan fingerprint density at radius 2 is 1.94 bits per heavy atom. The van der Waals surface area contributed by atoms with Crippen molar-refractivity contribution in [1.29, 1.82) is 0 Å². The Kier molecular flexibility index (Phi) is 2.55. The smallest absolute Gasteiger partial charge is 0.100 e. The summed E-state index contributed by atoms with van der Waals surface area (Å²) in [5.41, 5.74) is 10.9. The number of rotatable bonds is 2. The number of aryl methyl sites for hydroxylation is 3. The van der Waals surface area contributed by atoms with Crippen molar-refractivity contribution in [2.45, 2.75) is 20.4 Å². The van der Waals surface area contributed by atoms with Crippen molar-refractivity contribution in [1.82, 2.24) is 19.6 Å². The highest BCUT2D eigenvalue weighted by molar-refractivity contribution is 5.67. The summed E-state index contributed by atoms with van der Waals surface area (Å²) in [5.74, 6) is 0. The molecule has 0 aliphatic rings. The van der Waals surface area contributed by atoms with E-state index in [4.69, 9.17) is 5.73 Å². The van der Waals surface area contributed by atoms with Crippen LogP contribution in [0.15, 0.2) is 6.20 Å². The Balaban J connectivity index is 2.66. The van der Waals surface area contributed by atoms with E-state index in [0.717, 1.165) is 28.2 Å². The largest absolute Gasteiger partial charge is 0.326 e. The summed E-state index contributed by atoms with van der Waals surface area (Å²) in [5, 5.41) is 8.87. The SMILES string of the molecule is Cc1nn(C)c(C)c1-c1nn(C)cc1CN. The van der Waals surface area contributed by atoms with Gasteiger partial charge in [0.15, 0.2) is 0 Å². The van der Waals surface area contributed by atoms with Gasteiger partial charge in [-0.25, -0.2) is 0 Å². The summed E-state index contributed by atoms with van der Waals surface area (Å²) in [4.78, 5) is 0. The third-order valence-electron chi connectivity index (χ3n) is 2.87. The number of aromatic nitrogens is 4. The summed E-state index contributed by atoms with van der Waals surface area (Å²) in [6.07, 6.45) is 1.96. The lowest BCUT2D eigenvalue weighted by Gasteiger charge is -2.00. The second kappa shape index (κ2) is 3.75. The fourth-order valence-corrected chi connectivity index (χ4v) is 2.01. The first-order valence-electron chi connectivity index (χ1n) is 5.27. The topological polar surface area (TPSA) is 61.7 Å². The van der Waals surface area contributed by atoms with Gasteiger partial charge in [0.05, 0.1) is 5.69 Å². The van der Waals surface area contributed by atoms with Crippen LogP contribution in [-0.2, 0) is 20.6 Å². The first-order valence-corrected chi connectivity index (χ1v) is 5.27. The first-order chi connectivity index (χ1) is 7.54. The van der Waals surface area contributed by atoms with Gasteiger partial charge in [-0.3, -0.25) is 9.36 Å². The normalized spacial score (nSPS) is 11.1. The molecule has 2 N–H and O–H groups in total. The molecule has 86 valence electrons. The first kappa shape index (κ1) is 10.9. The van der Waals surface area contributed by atoms with Crippen molar-refractivity contribution in [2.75, 3.05) is 0 Å². The Labute approximate surface area is 94.9 Å². The standard InChI is InChI=1S/C11H17N5/c1-7-10(8(2)16(4)13-7)11-9(5-12)6-15(3)14-11/h6H,5,12H2,1-4H3. The number of nitrogens with two attached hydrogens (primary N) is 1. The lowest BCUT2D eigenvalue weighted by molar-refractivity contribution is 0.731. The third kappa shape index (κ3) is 1.53. The number of hydrogen-bond donors (Lipinski definition) is 1. The van der Waals surface area contributed by atoms with Gasteiger partial charge in [0, 0.05) is 43.7 Å². The van der Waals surface area contributed by atoms with Gasteiger partial charge in [-0.15, -0.1) is 0 Å². The van der Waals surface area contributed by atoms with E-state index in [-0.39, 0.29) is 0 Å². The van der Waals surface area contributed by atoms with E-state index in [2.05, 4.69) is 10.2 Å². The average Bonchev–Trinajstić information content (AvgIpc) is 2.69.